The average molecular weight is 364 g/mol. The van der Waals surface area contributed by atoms with Gasteiger partial charge >= 0.3 is 0 Å². The highest BCUT2D eigenvalue weighted by Crippen LogP contribution is 2.32. The molecular formula is C17H20N2O5S. The van der Waals surface area contributed by atoms with E-state index in [4.69, 9.17) is 4.74 Å². The molecule has 2 rings (SSSR count). The first-order valence-corrected chi connectivity index (χ1v) is 9.35. The summed E-state index contributed by atoms with van der Waals surface area (Å²) in [5.74, 6) is 0.688. The minimum atomic E-state index is -3.52. The maximum atomic E-state index is 11.6. The van der Waals surface area contributed by atoms with Gasteiger partial charge in [-0.05, 0) is 25.1 Å². The van der Waals surface area contributed by atoms with Crippen molar-refractivity contribution in [3.8, 4) is 5.75 Å². The first kappa shape index (κ1) is 18.7. The molecule has 0 radical (unpaired) electrons. The Bertz CT molecular complexity index is 909. The molecule has 0 fully saturated rings. The lowest BCUT2D eigenvalue weighted by atomic mass is 10.1. The summed E-state index contributed by atoms with van der Waals surface area (Å²) in [6, 6.07) is 9.64. The SMILES string of the molecule is COc1ccc(C)cc1CN(C)c1ccc(S(C)(=O)=O)cc1[N+](=O)[O-]. The van der Waals surface area contributed by atoms with Crippen LogP contribution in [0.25, 0.3) is 0 Å². The van der Waals surface area contributed by atoms with E-state index in [1.165, 1.54) is 12.1 Å². The molecule has 0 bridgehead atoms. The Morgan fingerprint density at radius 1 is 1.20 bits per heavy atom. The van der Waals surface area contributed by atoms with Crippen LogP contribution in [0.4, 0.5) is 11.4 Å². The van der Waals surface area contributed by atoms with Crippen molar-refractivity contribution in [1.82, 2.24) is 0 Å². The van der Waals surface area contributed by atoms with Crippen LogP contribution in [0.3, 0.4) is 0 Å². The quantitative estimate of drug-likeness (QED) is 0.578. The van der Waals surface area contributed by atoms with Gasteiger partial charge in [0, 0.05) is 31.5 Å². The van der Waals surface area contributed by atoms with Gasteiger partial charge in [-0.1, -0.05) is 17.7 Å². The molecule has 8 heteroatoms. The van der Waals surface area contributed by atoms with Crippen LogP contribution in [0.2, 0.25) is 0 Å². The van der Waals surface area contributed by atoms with Crippen molar-refractivity contribution < 1.29 is 18.1 Å². The van der Waals surface area contributed by atoms with Gasteiger partial charge in [-0.25, -0.2) is 8.42 Å². The van der Waals surface area contributed by atoms with Crippen LogP contribution in [0, 0.1) is 17.0 Å². The third-order valence-electron chi connectivity index (χ3n) is 3.83. The van der Waals surface area contributed by atoms with Gasteiger partial charge in [0.15, 0.2) is 9.84 Å². The number of nitro groups is 1. The average Bonchev–Trinajstić information content (AvgIpc) is 2.53. The predicted molar refractivity (Wildman–Crippen MR) is 96.0 cm³/mol. The number of aryl methyl sites for hydroxylation is 1. The largest absolute Gasteiger partial charge is 0.496 e. The zero-order chi connectivity index (χ0) is 18.8. The second-order valence-electron chi connectivity index (χ2n) is 5.85. The molecule has 0 amide bonds. The number of hydrogen-bond acceptors (Lipinski definition) is 6. The van der Waals surface area contributed by atoms with E-state index < -0.39 is 14.8 Å². The van der Waals surface area contributed by atoms with Crippen LogP contribution in [-0.4, -0.2) is 33.8 Å². The Labute approximate surface area is 146 Å². The summed E-state index contributed by atoms with van der Waals surface area (Å²) >= 11 is 0. The van der Waals surface area contributed by atoms with Crippen LogP contribution >= 0.6 is 0 Å². The highest BCUT2D eigenvalue weighted by molar-refractivity contribution is 7.90. The Morgan fingerprint density at radius 2 is 1.88 bits per heavy atom. The van der Waals surface area contributed by atoms with Gasteiger partial charge in [0.1, 0.15) is 11.4 Å². The van der Waals surface area contributed by atoms with E-state index in [1.807, 2.05) is 25.1 Å². The zero-order valence-electron chi connectivity index (χ0n) is 14.5. The van der Waals surface area contributed by atoms with Crippen molar-refractivity contribution in [1.29, 1.82) is 0 Å². The van der Waals surface area contributed by atoms with E-state index in [9.17, 15) is 18.5 Å². The second-order valence-corrected chi connectivity index (χ2v) is 7.87. The molecular weight excluding hydrogens is 344 g/mol. The first-order chi connectivity index (χ1) is 11.6. The van der Waals surface area contributed by atoms with E-state index in [0.717, 1.165) is 23.4 Å². The third kappa shape index (κ3) is 4.27. The maximum Gasteiger partial charge on any atom is 0.293 e. The van der Waals surface area contributed by atoms with Crippen molar-refractivity contribution >= 4 is 21.2 Å². The number of methoxy groups -OCH3 is 1. The molecule has 134 valence electrons. The molecule has 2 aromatic rings. The smallest absolute Gasteiger partial charge is 0.293 e. The molecule has 7 nitrogen and oxygen atoms in total. The third-order valence-corrected chi connectivity index (χ3v) is 4.94. The van der Waals surface area contributed by atoms with Gasteiger partial charge in [-0.3, -0.25) is 10.1 Å². The molecule has 0 saturated carbocycles. The molecule has 0 saturated heterocycles. The minimum absolute atomic E-state index is 0.0792. The fourth-order valence-electron chi connectivity index (χ4n) is 2.57. The number of benzene rings is 2. The molecule has 0 unspecified atom stereocenters. The van der Waals surface area contributed by atoms with Gasteiger partial charge in [-0.15, -0.1) is 0 Å². The standard InChI is InChI=1S/C17H20N2O5S/c1-12-5-8-17(24-3)13(9-12)11-18(2)15-7-6-14(25(4,22)23)10-16(15)19(20)21/h5-10H,11H2,1-4H3. The summed E-state index contributed by atoms with van der Waals surface area (Å²) < 4.78 is 28.6. The Hall–Kier alpha value is -2.61. The molecule has 0 heterocycles. The van der Waals surface area contributed by atoms with Crippen LogP contribution in [0.5, 0.6) is 5.75 Å². The lowest BCUT2D eigenvalue weighted by Gasteiger charge is -2.21. The monoisotopic (exact) mass is 364 g/mol. The number of sulfone groups is 1. The lowest BCUT2D eigenvalue weighted by molar-refractivity contribution is -0.384. The van der Waals surface area contributed by atoms with Gasteiger partial charge in [0.2, 0.25) is 0 Å². The van der Waals surface area contributed by atoms with Gasteiger partial charge in [0.25, 0.3) is 5.69 Å². The van der Waals surface area contributed by atoms with Crippen molar-refractivity contribution in [2.75, 3.05) is 25.3 Å². The summed E-state index contributed by atoms with van der Waals surface area (Å²) in [4.78, 5) is 12.4. The van der Waals surface area contributed by atoms with Crippen LogP contribution in [0.1, 0.15) is 11.1 Å². The fourth-order valence-corrected chi connectivity index (χ4v) is 3.22. The van der Waals surface area contributed by atoms with Crippen LogP contribution in [-0.2, 0) is 16.4 Å². The van der Waals surface area contributed by atoms with Crippen molar-refractivity contribution in [2.45, 2.75) is 18.4 Å². The van der Waals surface area contributed by atoms with E-state index >= 15 is 0 Å². The van der Waals surface area contributed by atoms with Crippen molar-refractivity contribution in [3.05, 3.63) is 57.6 Å². The molecule has 0 spiro atoms. The van der Waals surface area contributed by atoms with E-state index in [0.29, 0.717) is 18.0 Å². The molecule has 0 aliphatic heterocycles. The van der Waals surface area contributed by atoms with Gasteiger partial charge in [0.05, 0.1) is 16.9 Å². The second kappa shape index (κ2) is 7.10. The zero-order valence-corrected chi connectivity index (χ0v) is 15.3. The van der Waals surface area contributed by atoms with Crippen LogP contribution in [0.15, 0.2) is 41.3 Å². The highest BCUT2D eigenvalue weighted by Gasteiger charge is 2.21. The summed E-state index contributed by atoms with van der Waals surface area (Å²) in [5, 5.41) is 11.4. The summed E-state index contributed by atoms with van der Waals surface area (Å²) in [6.07, 6.45) is 1.02. The van der Waals surface area contributed by atoms with E-state index in [-0.39, 0.29) is 10.6 Å². The van der Waals surface area contributed by atoms with Crippen molar-refractivity contribution in [2.24, 2.45) is 0 Å². The van der Waals surface area contributed by atoms with Crippen molar-refractivity contribution in [3.63, 3.8) is 0 Å². The fraction of sp³-hybridized carbons (Fsp3) is 0.294. The molecule has 0 N–H and O–H groups in total. The van der Waals surface area contributed by atoms with Gasteiger partial charge < -0.3 is 9.64 Å². The maximum absolute atomic E-state index is 11.6. The molecule has 2 aromatic carbocycles. The number of ether oxygens (including phenoxy) is 1. The topological polar surface area (TPSA) is 89.8 Å². The lowest BCUT2D eigenvalue weighted by Crippen LogP contribution is -2.18. The van der Waals surface area contributed by atoms with E-state index in [1.54, 1.807) is 19.1 Å². The van der Waals surface area contributed by atoms with E-state index in [2.05, 4.69) is 0 Å². The molecule has 0 atom stereocenters. The normalized spacial score (nSPS) is 11.2. The van der Waals surface area contributed by atoms with Crippen LogP contribution < -0.4 is 9.64 Å². The number of nitrogens with zero attached hydrogens (tertiary/aromatic N) is 2. The molecule has 0 aliphatic rings. The first-order valence-electron chi connectivity index (χ1n) is 7.46. The number of nitro benzene ring substituents is 1. The Kier molecular flexibility index (Phi) is 5.32. The number of rotatable bonds is 6. The Balaban J connectivity index is 2.44. The number of hydrogen-bond donors (Lipinski definition) is 0. The molecule has 0 aromatic heterocycles. The summed E-state index contributed by atoms with van der Waals surface area (Å²) in [6.45, 7) is 2.33. The van der Waals surface area contributed by atoms with Gasteiger partial charge in [-0.2, -0.15) is 0 Å². The Morgan fingerprint density at radius 3 is 2.44 bits per heavy atom. The number of anilines is 1. The minimum Gasteiger partial charge on any atom is -0.496 e. The summed E-state index contributed by atoms with van der Waals surface area (Å²) in [5.41, 5.74) is 2.01. The molecule has 25 heavy (non-hydrogen) atoms. The summed E-state index contributed by atoms with van der Waals surface area (Å²) in [7, 11) is -0.240. The predicted octanol–water partition coefficient (Wildman–Crippen LogP) is 2.95. The molecule has 0 aliphatic carbocycles. The highest BCUT2D eigenvalue weighted by atomic mass is 32.2.